The van der Waals surface area contributed by atoms with E-state index in [9.17, 15) is 14.4 Å². The predicted octanol–water partition coefficient (Wildman–Crippen LogP) is 0.211. The molecule has 0 aromatic carbocycles. The molecule has 0 radical (unpaired) electrons. The number of methoxy groups -OCH3 is 1. The first-order chi connectivity index (χ1) is 21.7. The lowest BCUT2D eigenvalue weighted by molar-refractivity contribution is -0.155. The van der Waals surface area contributed by atoms with Crippen LogP contribution in [0, 0.1) is 0 Å². The van der Waals surface area contributed by atoms with Gasteiger partial charge in [0, 0.05) is 33.0 Å². The number of amides is 2. The summed E-state index contributed by atoms with van der Waals surface area (Å²) in [6.07, 6.45) is 0.990. The molecule has 0 bridgehead atoms. The molecule has 0 aliphatic rings. The highest BCUT2D eigenvalue weighted by Gasteiger charge is 2.17. The van der Waals surface area contributed by atoms with Gasteiger partial charge in [-0.2, -0.15) is 0 Å². The number of carbonyl (C=O) groups excluding carboxylic acids is 3. The number of hydrogen-bond acceptors (Lipinski definition) is 13. The minimum Gasteiger partial charge on any atom is -0.460 e. The van der Waals surface area contributed by atoms with Gasteiger partial charge in [-0.15, -0.1) is 0 Å². The van der Waals surface area contributed by atoms with Gasteiger partial charge in [-0.3, -0.25) is 14.4 Å². The number of rotatable bonds is 32. The van der Waals surface area contributed by atoms with Crippen LogP contribution in [0.3, 0.4) is 0 Å². The van der Waals surface area contributed by atoms with Gasteiger partial charge in [-0.25, -0.2) is 0 Å². The molecule has 0 unspecified atom stereocenters. The fourth-order valence-corrected chi connectivity index (χ4v) is 3.30. The van der Waals surface area contributed by atoms with E-state index in [1.807, 2.05) is 0 Å². The van der Waals surface area contributed by atoms with Crippen LogP contribution < -0.4 is 16.4 Å². The quantitative estimate of drug-likeness (QED) is 0.0662. The van der Waals surface area contributed by atoms with Gasteiger partial charge in [-0.05, 0) is 33.6 Å². The summed E-state index contributed by atoms with van der Waals surface area (Å²) in [7, 11) is 1.63. The third kappa shape index (κ3) is 33.2. The molecule has 0 rings (SSSR count). The van der Waals surface area contributed by atoms with Crippen molar-refractivity contribution in [3.8, 4) is 0 Å². The standard InChI is InChI=1S/C30H59N3O12/c1-30(2,3)45-28(35)6-5-9-33-29(36)26(31)7-8-27(34)32-10-11-38-14-15-40-18-19-42-22-23-44-25-24-43-21-20-41-17-16-39-13-12-37-4/h26H,5-25,31H2,1-4H3,(H,32,34)(H,33,36)/t26-/m0/s1. The molecule has 0 aliphatic carbocycles. The first-order valence-corrected chi connectivity index (χ1v) is 15.7. The monoisotopic (exact) mass is 653 g/mol. The van der Waals surface area contributed by atoms with Gasteiger partial charge in [0.25, 0.3) is 0 Å². The van der Waals surface area contributed by atoms with E-state index in [1.54, 1.807) is 27.9 Å². The van der Waals surface area contributed by atoms with Crippen LogP contribution in [0.15, 0.2) is 0 Å². The Kier molecular flexibility index (Phi) is 29.4. The summed E-state index contributed by atoms with van der Waals surface area (Å²) in [5.41, 5.74) is 5.32. The molecule has 0 aromatic rings. The number of nitrogens with two attached hydrogens (primary N) is 1. The third-order valence-electron chi connectivity index (χ3n) is 5.53. The Labute approximate surface area is 268 Å². The minimum atomic E-state index is -0.804. The molecule has 1 atom stereocenters. The third-order valence-corrected chi connectivity index (χ3v) is 5.53. The van der Waals surface area contributed by atoms with Crippen molar-refractivity contribution in [1.29, 1.82) is 0 Å². The molecular formula is C30H59N3O12. The lowest BCUT2D eigenvalue weighted by atomic mass is 10.1. The highest BCUT2D eigenvalue weighted by atomic mass is 16.6. The smallest absolute Gasteiger partial charge is 0.306 e. The summed E-state index contributed by atoms with van der Waals surface area (Å²) in [5.74, 6) is -0.881. The van der Waals surface area contributed by atoms with Gasteiger partial charge in [-0.1, -0.05) is 0 Å². The van der Waals surface area contributed by atoms with E-state index in [4.69, 9.17) is 48.4 Å². The molecule has 0 aromatic heterocycles. The Balaban J connectivity index is 3.38. The molecule has 15 heteroatoms. The highest BCUT2D eigenvalue weighted by Crippen LogP contribution is 2.08. The zero-order valence-electron chi connectivity index (χ0n) is 27.9. The average molecular weight is 654 g/mol. The Hall–Kier alpha value is -1.95. The van der Waals surface area contributed by atoms with E-state index in [0.29, 0.717) is 119 Å². The summed E-state index contributed by atoms with van der Waals surface area (Å²) in [6, 6.07) is -0.804. The van der Waals surface area contributed by atoms with E-state index < -0.39 is 11.6 Å². The predicted molar refractivity (Wildman–Crippen MR) is 166 cm³/mol. The number of hydrogen-bond donors (Lipinski definition) is 3. The summed E-state index contributed by atoms with van der Waals surface area (Å²) in [6.45, 7) is 13.3. The van der Waals surface area contributed by atoms with Crippen molar-refractivity contribution in [3.05, 3.63) is 0 Å². The molecule has 0 aliphatic heterocycles. The van der Waals surface area contributed by atoms with Crippen LogP contribution in [0.2, 0.25) is 0 Å². The van der Waals surface area contributed by atoms with Gasteiger partial charge in [0.2, 0.25) is 11.8 Å². The highest BCUT2D eigenvalue weighted by molar-refractivity contribution is 5.83. The van der Waals surface area contributed by atoms with Gasteiger partial charge in [0.1, 0.15) is 5.60 Å². The van der Waals surface area contributed by atoms with E-state index in [1.165, 1.54) is 0 Å². The number of nitrogens with one attached hydrogen (secondary N) is 2. The number of esters is 1. The van der Waals surface area contributed by atoms with Crippen molar-refractivity contribution >= 4 is 17.8 Å². The Morgan fingerprint density at radius 1 is 0.600 bits per heavy atom. The number of ether oxygens (including phenoxy) is 9. The van der Waals surface area contributed by atoms with Crippen molar-refractivity contribution in [2.45, 2.75) is 58.1 Å². The molecule has 266 valence electrons. The van der Waals surface area contributed by atoms with E-state index in [0.717, 1.165) is 0 Å². The van der Waals surface area contributed by atoms with E-state index in [-0.39, 0.29) is 37.0 Å². The molecule has 45 heavy (non-hydrogen) atoms. The van der Waals surface area contributed by atoms with Crippen LogP contribution in [0.4, 0.5) is 0 Å². The van der Waals surface area contributed by atoms with Crippen molar-refractivity contribution in [2.75, 3.05) is 119 Å². The van der Waals surface area contributed by atoms with E-state index >= 15 is 0 Å². The zero-order chi connectivity index (χ0) is 33.4. The Morgan fingerprint density at radius 3 is 1.44 bits per heavy atom. The molecule has 0 spiro atoms. The van der Waals surface area contributed by atoms with Crippen LogP contribution in [0.25, 0.3) is 0 Å². The van der Waals surface area contributed by atoms with Crippen molar-refractivity contribution in [3.63, 3.8) is 0 Å². The largest absolute Gasteiger partial charge is 0.460 e. The molecule has 15 nitrogen and oxygen atoms in total. The maximum Gasteiger partial charge on any atom is 0.306 e. The normalized spacial score (nSPS) is 12.2. The van der Waals surface area contributed by atoms with Crippen molar-refractivity contribution < 1.29 is 57.0 Å². The van der Waals surface area contributed by atoms with Gasteiger partial charge >= 0.3 is 5.97 Å². The lowest BCUT2D eigenvalue weighted by Gasteiger charge is -2.19. The van der Waals surface area contributed by atoms with Crippen LogP contribution >= 0.6 is 0 Å². The molecule has 4 N–H and O–H groups in total. The fourth-order valence-electron chi connectivity index (χ4n) is 3.30. The molecule has 0 saturated carbocycles. The first-order valence-electron chi connectivity index (χ1n) is 15.7. The van der Waals surface area contributed by atoms with E-state index in [2.05, 4.69) is 10.6 Å². The van der Waals surface area contributed by atoms with Crippen LogP contribution in [0.1, 0.15) is 46.5 Å². The summed E-state index contributed by atoms with van der Waals surface area (Å²) in [5, 5.41) is 5.40. The topological polar surface area (TPSA) is 184 Å². The van der Waals surface area contributed by atoms with Gasteiger partial charge in [0.15, 0.2) is 0 Å². The number of carbonyl (C=O) groups is 3. The van der Waals surface area contributed by atoms with Gasteiger partial charge in [0.05, 0.1) is 105 Å². The first kappa shape index (κ1) is 43.0. The Bertz CT molecular complexity index is 725. The molecule has 0 heterocycles. The van der Waals surface area contributed by atoms with Crippen LogP contribution in [-0.2, 0) is 57.0 Å². The molecular weight excluding hydrogens is 594 g/mol. The fraction of sp³-hybridized carbons (Fsp3) is 0.900. The van der Waals surface area contributed by atoms with Crippen LogP contribution in [0.5, 0.6) is 0 Å². The lowest BCUT2D eigenvalue weighted by Crippen LogP contribution is -2.42. The second kappa shape index (κ2) is 30.7. The van der Waals surface area contributed by atoms with Crippen LogP contribution in [-0.4, -0.2) is 149 Å². The summed E-state index contributed by atoms with van der Waals surface area (Å²) in [4.78, 5) is 35.7. The van der Waals surface area contributed by atoms with Crippen molar-refractivity contribution in [2.24, 2.45) is 5.73 Å². The molecule has 2 amide bonds. The Morgan fingerprint density at radius 2 is 1.02 bits per heavy atom. The minimum absolute atomic E-state index is 0.122. The van der Waals surface area contributed by atoms with Gasteiger partial charge < -0.3 is 59.0 Å². The maximum absolute atomic E-state index is 12.1. The SMILES string of the molecule is COCCOCCOCCOCCOCCOCCOCCOCCNC(=O)CC[C@H](N)C(=O)NCCCC(=O)OC(C)(C)C. The summed E-state index contributed by atoms with van der Waals surface area (Å²) >= 11 is 0. The molecule has 0 fully saturated rings. The summed E-state index contributed by atoms with van der Waals surface area (Å²) < 4.78 is 47.9. The molecule has 0 saturated heterocycles. The zero-order valence-corrected chi connectivity index (χ0v) is 27.9. The maximum atomic E-state index is 12.1. The van der Waals surface area contributed by atoms with Crippen molar-refractivity contribution in [1.82, 2.24) is 10.6 Å². The second-order valence-corrected chi connectivity index (χ2v) is 10.8. The second-order valence-electron chi connectivity index (χ2n) is 10.8. The average Bonchev–Trinajstić information content (AvgIpc) is 2.99.